The van der Waals surface area contributed by atoms with Crippen LogP contribution in [0.2, 0.25) is 0 Å². The smallest absolute Gasteiger partial charge is 0.133 e. The van der Waals surface area contributed by atoms with Crippen molar-refractivity contribution in [1.82, 2.24) is 0 Å². The summed E-state index contributed by atoms with van der Waals surface area (Å²) in [5.74, 6) is 1.87. The standard InChI is InChI=1S/C18H21O/c1-6-16-10-14(4)18(15(5)11-16)19-17-8-12(2)7-13(3)9-17/h7-11H,1,6H2,2-5H3. The SMILES string of the molecule is [CH2]Cc1cc(C)c(Oc2cc(C)cc(C)c2)c(C)c1. The van der Waals surface area contributed by atoms with Crippen molar-refractivity contribution >= 4 is 0 Å². The molecule has 0 bridgehead atoms. The highest BCUT2D eigenvalue weighted by molar-refractivity contribution is 5.46. The molecule has 1 nitrogen and oxygen atoms in total. The Bertz CT molecular complexity index is 553. The molecule has 99 valence electrons. The quantitative estimate of drug-likeness (QED) is 0.740. The van der Waals surface area contributed by atoms with Gasteiger partial charge in [-0.05, 0) is 81.0 Å². The van der Waals surface area contributed by atoms with Crippen molar-refractivity contribution in [3.05, 3.63) is 65.1 Å². The Labute approximate surface area is 116 Å². The second-order valence-electron chi connectivity index (χ2n) is 5.23. The fourth-order valence-electron chi connectivity index (χ4n) is 2.45. The van der Waals surface area contributed by atoms with Crippen LogP contribution in [0.4, 0.5) is 0 Å². The molecule has 2 aromatic carbocycles. The summed E-state index contributed by atoms with van der Waals surface area (Å²) in [6, 6.07) is 10.6. The first-order chi connectivity index (χ1) is 8.99. The Morgan fingerprint density at radius 3 is 1.84 bits per heavy atom. The fraction of sp³-hybridized carbons (Fsp3) is 0.278. The lowest BCUT2D eigenvalue weighted by atomic mass is 10.0. The number of hydrogen-bond acceptors (Lipinski definition) is 1. The van der Waals surface area contributed by atoms with Gasteiger partial charge in [0.15, 0.2) is 0 Å². The van der Waals surface area contributed by atoms with Gasteiger partial charge in [0.25, 0.3) is 0 Å². The van der Waals surface area contributed by atoms with E-state index < -0.39 is 0 Å². The number of hydrogen-bond donors (Lipinski definition) is 0. The molecule has 0 amide bonds. The van der Waals surface area contributed by atoms with E-state index in [9.17, 15) is 0 Å². The van der Waals surface area contributed by atoms with Crippen LogP contribution in [0, 0.1) is 34.6 Å². The van der Waals surface area contributed by atoms with Gasteiger partial charge in [-0.3, -0.25) is 0 Å². The highest BCUT2D eigenvalue weighted by Gasteiger charge is 2.08. The average molecular weight is 253 g/mol. The highest BCUT2D eigenvalue weighted by Crippen LogP contribution is 2.30. The third-order valence-corrected chi connectivity index (χ3v) is 3.22. The van der Waals surface area contributed by atoms with Gasteiger partial charge in [-0.1, -0.05) is 18.2 Å². The molecule has 0 saturated carbocycles. The fourth-order valence-corrected chi connectivity index (χ4v) is 2.45. The Balaban J connectivity index is 2.38. The lowest BCUT2D eigenvalue weighted by Gasteiger charge is -2.14. The van der Waals surface area contributed by atoms with E-state index in [-0.39, 0.29) is 0 Å². The third kappa shape index (κ3) is 3.17. The van der Waals surface area contributed by atoms with E-state index in [2.05, 4.69) is 65.0 Å². The zero-order chi connectivity index (χ0) is 14.0. The second kappa shape index (κ2) is 5.48. The van der Waals surface area contributed by atoms with Gasteiger partial charge < -0.3 is 4.74 Å². The zero-order valence-electron chi connectivity index (χ0n) is 12.2. The summed E-state index contributed by atoms with van der Waals surface area (Å²) < 4.78 is 6.08. The van der Waals surface area contributed by atoms with Crippen LogP contribution in [0.1, 0.15) is 27.8 Å². The number of aryl methyl sites for hydroxylation is 4. The highest BCUT2D eigenvalue weighted by atomic mass is 16.5. The van der Waals surface area contributed by atoms with E-state index in [1.54, 1.807) is 0 Å². The molecule has 2 rings (SSSR count). The first-order valence-electron chi connectivity index (χ1n) is 6.65. The van der Waals surface area contributed by atoms with Gasteiger partial charge in [-0.25, -0.2) is 0 Å². The summed E-state index contributed by atoms with van der Waals surface area (Å²) in [6.45, 7) is 12.3. The molecule has 0 atom stereocenters. The molecular weight excluding hydrogens is 232 g/mol. The van der Waals surface area contributed by atoms with Gasteiger partial charge in [0.2, 0.25) is 0 Å². The molecular formula is C18H21O. The zero-order valence-corrected chi connectivity index (χ0v) is 12.2. The normalized spacial score (nSPS) is 10.6. The van der Waals surface area contributed by atoms with Crippen molar-refractivity contribution in [2.24, 2.45) is 0 Å². The minimum absolute atomic E-state index is 0.811. The molecule has 0 aliphatic heterocycles. The van der Waals surface area contributed by atoms with Gasteiger partial charge in [-0.15, -0.1) is 0 Å². The van der Waals surface area contributed by atoms with Crippen LogP contribution in [0.3, 0.4) is 0 Å². The molecule has 2 aromatic rings. The van der Waals surface area contributed by atoms with Gasteiger partial charge in [0.05, 0.1) is 0 Å². The van der Waals surface area contributed by atoms with Crippen molar-refractivity contribution in [2.45, 2.75) is 34.1 Å². The molecule has 0 fully saturated rings. The predicted octanol–water partition coefficient (Wildman–Crippen LogP) is 5.09. The largest absolute Gasteiger partial charge is 0.457 e. The van der Waals surface area contributed by atoms with Crippen molar-refractivity contribution in [2.75, 3.05) is 0 Å². The Hall–Kier alpha value is -1.76. The molecule has 19 heavy (non-hydrogen) atoms. The monoisotopic (exact) mass is 253 g/mol. The molecule has 0 saturated heterocycles. The number of benzene rings is 2. The maximum atomic E-state index is 6.08. The van der Waals surface area contributed by atoms with Crippen molar-refractivity contribution in [3.63, 3.8) is 0 Å². The molecule has 0 aromatic heterocycles. The molecule has 0 aliphatic carbocycles. The summed E-state index contributed by atoms with van der Waals surface area (Å²) in [7, 11) is 0. The van der Waals surface area contributed by atoms with Crippen LogP contribution in [-0.2, 0) is 6.42 Å². The van der Waals surface area contributed by atoms with Crippen LogP contribution in [0.5, 0.6) is 11.5 Å². The lowest BCUT2D eigenvalue weighted by Crippen LogP contribution is -1.94. The second-order valence-corrected chi connectivity index (χ2v) is 5.23. The molecule has 0 aliphatic rings. The summed E-state index contributed by atoms with van der Waals surface area (Å²) in [4.78, 5) is 0. The number of ether oxygens (including phenoxy) is 1. The topological polar surface area (TPSA) is 9.23 Å². The Morgan fingerprint density at radius 1 is 0.842 bits per heavy atom. The van der Waals surface area contributed by atoms with Crippen LogP contribution >= 0.6 is 0 Å². The summed E-state index contributed by atoms with van der Waals surface area (Å²) in [5, 5.41) is 0. The van der Waals surface area contributed by atoms with Gasteiger partial charge >= 0.3 is 0 Å². The van der Waals surface area contributed by atoms with Crippen LogP contribution in [0.15, 0.2) is 30.3 Å². The molecule has 0 unspecified atom stereocenters. The summed E-state index contributed by atoms with van der Waals surface area (Å²) in [5.41, 5.74) is 6.03. The number of rotatable bonds is 3. The maximum Gasteiger partial charge on any atom is 0.133 e. The van der Waals surface area contributed by atoms with Crippen LogP contribution in [-0.4, -0.2) is 0 Å². The van der Waals surface area contributed by atoms with Crippen LogP contribution < -0.4 is 4.74 Å². The Kier molecular flexibility index (Phi) is 3.94. The summed E-state index contributed by atoms with van der Waals surface area (Å²) in [6.07, 6.45) is 0.811. The van der Waals surface area contributed by atoms with Gasteiger partial charge in [0.1, 0.15) is 11.5 Å². The lowest BCUT2D eigenvalue weighted by molar-refractivity contribution is 0.474. The minimum Gasteiger partial charge on any atom is -0.457 e. The van der Waals surface area contributed by atoms with E-state index in [1.807, 2.05) is 0 Å². The third-order valence-electron chi connectivity index (χ3n) is 3.22. The van der Waals surface area contributed by atoms with E-state index in [1.165, 1.54) is 16.7 Å². The molecule has 0 N–H and O–H groups in total. The van der Waals surface area contributed by atoms with E-state index in [0.29, 0.717) is 0 Å². The molecule has 1 radical (unpaired) electrons. The maximum absolute atomic E-state index is 6.08. The summed E-state index contributed by atoms with van der Waals surface area (Å²) >= 11 is 0. The average Bonchev–Trinajstić information content (AvgIpc) is 2.32. The minimum atomic E-state index is 0.811. The van der Waals surface area contributed by atoms with Gasteiger partial charge in [-0.2, -0.15) is 0 Å². The molecule has 1 heteroatoms. The molecule has 0 heterocycles. The predicted molar refractivity (Wildman–Crippen MR) is 81.0 cm³/mol. The first kappa shape index (κ1) is 13.7. The van der Waals surface area contributed by atoms with Gasteiger partial charge in [0, 0.05) is 0 Å². The van der Waals surface area contributed by atoms with E-state index >= 15 is 0 Å². The first-order valence-corrected chi connectivity index (χ1v) is 6.65. The van der Waals surface area contributed by atoms with E-state index in [0.717, 1.165) is 29.0 Å². The van der Waals surface area contributed by atoms with Crippen molar-refractivity contribution < 1.29 is 4.74 Å². The van der Waals surface area contributed by atoms with Crippen molar-refractivity contribution in [3.8, 4) is 11.5 Å². The molecule has 0 spiro atoms. The Morgan fingerprint density at radius 2 is 1.37 bits per heavy atom. The van der Waals surface area contributed by atoms with Crippen molar-refractivity contribution in [1.29, 1.82) is 0 Å². The van der Waals surface area contributed by atoms with E-state index in [4.69, 9.17) is 4.74 Å². The van der Waals surface area contributed by atoms with Crippen LogP contribution in [0.25, 0.3) is 0 Å².